The van der Waals surface area contributed by atoms with Crippen LogP contribution in [0.15, 0.2) is 58.3 Å². The molecular weight excluding hydrogens is 436 g/mol. The molecule has 1 aliphatic rings. The lowest BCUT2D eigenvalue weighted by Gasteiger charge is -2.31. The standard InChI is InChI=1S/C26H28N2O4S/c1-17-9-14-23(32-17)25(26(31)27-20-6-3-4-7-20)28(24(30)16-22-8-5-15-33-22)21-12-10-19(11-13-21)18(2)29/h5,8-15,20,25H,3-4,6-7,16H2,1-2H3,(H,27,31). The van der Waals surface area contributed by atoms with E-state index in [1.54, 1.807) is 36.4 Å². The van der Waals surface area contributed by atoms with Gasteiger partial charge in [0.2, 0.25) is 5.91 Å². The zero-order valence-electron chi connectivity index (χ0n) is 18.9. The maximum Gasteiger partial charge on any atom is 0.251 e. The van der Waals surface area contributed by atoms with Crippen LogP contribution in [0.5, 0.6) is 0 Å². The number of benzene rings is 1. The van der Waals surface area contributed by atoms with Gasteiger partial charge in [-0.1, -0.05) is 18.9 Å². The van der Waals surface area contributed by atoms with Gasteiger partial charge in [0.05, 0.1) is 6.42 Å². The molecule has 1 aromatic carbocycles. The number of ketones is 1. The Hall–Kier alpha value is -3.19. The van der Waals surface area contributed by atoms with E-state index < -0.39 is 6.04 Å². The summed E-state index contributed by atoms with van der Waals surface area (Å²) in [5.74, 6) is 0.551. The Bertz CT molecular complexity index is 1110. The molecule has 6 nitrogen and oxygen atoms in total. The third kappa shape index (κ3) is 5.42. The van der Waals surface area contributed by atoms with Gasteiger partial charge in [0, 0.05) is 22.2 Å². The second-order valence-electron chi connectivity index (χ2n) is 8.46. The van der Waals surface area contributed by atoms with Crippen LogP contribution in [0, 0.1) is 6.92 Å². The number of anilines is 1. The highest BCUT2D eigenvalue weighted by Crippen LogP contribution is 2.31. The van der Waals surface area contributed by atoms with Crippen molar-refractivity contribution in [1.82, 2.24) is 5.32 Å². The summed E-state index contributed by atoms with van der Waals surface area (Å²) in [5.41, 5.74) is 1.09. The monoisotopic (exact) mass is 464 g/mol. The van der Waals surface area contributed by atoms with Gasteiger partial charge in [-0.15, -0.1) is 11.3 Å². The van der Waals surface area contributed by atoms with E-state index >= 15 is 0 Å². The summed E-state index contributed by atoms with van der Waals surface area (Å²) < 4.78 is 5.87. The lowest BCUT2D eigenvalue weighted by Crippen LogP contribution is -2.46. The molecule has 2 heterocycles. The molecule has 3 aromatic rings. The zero-order chi connectivity index (χ0) is 23.4. The summed E-state index contributed by atoms with van der Waals surface area (Å²) in [4.78, 5) is 41.4. The van der Waals surface area contributed by atoms with E-state index in [2.05, 4.69) is 5.32 Å². The molecule has 0 saturated heterocycles. The maximum atomic E-state index is 13.6. The molecule has 1 fully saturated rings. The van der Waals surface area contributed by atoms with Crippen LogP contribution in [0.25, 0.3) is 0 Å². The molecule has 2 aromatic heterocycles. The minimum Gasteiger partial charge on any atom is -0.464 e. The van der Waals surface area contributed by atoms with Crippen molar-refractivity contribution in [2.24, 2.45) is 0 Å². The van der Waals surface area contributed by atoms with E-state index in [0.717, 1.165) is 30.6 Å². The van der Waals surface area contributed by atoms with Crippen molar-refractivity contribution in [1.29, 1.82) is 0 Å². The summed E-state index contributed by atoms with van der Waals surface area (Å²) >= 11 is 1.50. The Labute approximate surface area is 197 Å². The second-order valence-corrected chi connectivity index (χ2v) is 9.50. The smallest absolute Gasteiger partial charge is 0.251 e. The second kappa shape index (κ2) is 10.2. The Morgan fingerprint density at radius 1 is 1.09 bits per heavy atom. The van der Waals surface area contributed by atoms with Crippen LogP contribution >= 0.6 is 11.3 Å². The molecule has 0 bridgehead atoms. The first kappa shape index (κ1) is 23.0. The molecule has 7 heteroatoms. The van der Waals surface area contributed by atoms with E-state index in [0.29, 0.717) is 22.8 Å². The number of aryl methyl sites for hydroxylation is 1. The van der Waals surface area contributed by atoms with Gasteiger partial charge in [-0.25, -0.2) is 0 Å². The van der Waals surface area contributed by atoms with Gasteiger partial charge in [-0.3, -0.25) is 19.3 Å². The molecule has 33 heavy (non-hydrogen) atoms. The van der Waals surface area contributed by atoms with E-state index in [1.807, 2.05) is 24.4 Å². The normalized spacial score (nSPS) is 14.7. The van der Waals surface area contributed by atoms with Gasteiger partial charge in [0.25, 0.3) is 5.91 Å². The van der Waals surface area contributed by atoms with Gasteiger partial charge in [-0.2, -0.15) is 0 Å². The Kier molecular flexibility index (Phi) is 7.08. The third-order valence-electron chi connectivity index (χ3n) is 5.96. The molecule has 1 saturated carbocycles. The van der Waals surface area contributed by atoms with Crippen molar-refractivity contribution < 1.29 is 18.8 Å². The van der Waals surface area contributed by atoms with Crippen LogP contribution in [0.3, 0.4) is 0 Å². The van der Waals surface area contributed by atoms with Crippen LogP contribution in [-0.2, 0) is 16.0 Å². The van der Waals surface area contributed by atoms with Gasteiger partial charge in [0.1, 0.15) is 11.5 Å². The van der Waals surface area contributed by atoms with E-state index in [9.17, 15) is 14.4 Å². The summed E-state index contributed by atoms with van der Waals surface area (Å²) in [6.45, 7) is 3.31. The topological polar surface area (TPSA) is 79.6 Å². The number of nitrogens with zero attached hydrogens (tertiary/aromatic N) is 1. The van der Waals surface area contributed by atoms with Gasteiger partial charge in [0.15, 0.2) is 11.8 Å². The number of rotatable bonds is 8. The Balaban J connectivity index is 1.74. The first-order valence-corrected chi connectivity index (χ1v) is 12.1. The van der Waals surface area contributed by atoms with Gasteiger partial charge < -0.3 is 9.73 Å². The molecule has 2 amide bonds. The number of Topliss-reactive ketones (excluding diaryl/α,β-unsaturated/α-hetero) is 1. The van der Waals surface area contributed by atoms with Crippen molar-refractivity contribution in [2.75, 3.05) is 4.90 Å². The number of amides is 2. The summed E-state index contributed by atoms with van der Waals surface area (Å²) in [6, 6.07) is 13.3. The molecule has 0 aliphatic heterocycles. The number of hydrogen-bond donors (Lipinski definition) is 1. The van der Waals surface area contributed by atoms with Crippen molar-refractivity contribution in [2.45, 2.75) is 58.0 Å². The lowest BCUT2D eigenvalue weighted by atomic mass is 10.1. The molecule has 1 aliphatic carbocycles. The number of nitrogens with one attached hydrogen (secondary N) is 1. The number of hydrogen-bond acceptors (Lipinski definition) is 5. The minimum atomic E-state index is -0.949. The lowest BCUT2D eigenvalue weighted by molar-refractivity contribution is -0.127. The highest BCUT2D eigenvalue weighted by atomic mass is 32.1. The number of carbonyl (C=O) groups is 3. The van der Waals surface area contributed by atoms with Crippen molar-refractivity contribution in [3.63, 3.8) is 0 Å². The van der Waals surface area contributed by atoms with Crippen molar-refractivity contribution >= 4 is 34.6 Å². The minimum absolute atomic E-state index is 0.0600. The molecule has 1 unspecified atom stereocenters. The third-order valence-corrected chi connectivity index (χ3v) is 6.84. The highest BCUT2D eigenvalue weighted by molar-refractivity contribution is 7.10. The number of thiophene rings is 1. The Morgan fingerprint density at radius 2 is 1.82 bits per heavy atom. The predicted octanol–water partition coefficient (Wildman–Crippen LogP) is 5.23. The van der Waals surface area contributed by atoms with Crippen LogP contribution in [0.2, 0.25) is 0 Å². The molecular formula is C26H28N2O4S. The fraction of sp³-hybridized carbons (Fsp3) is 0.346. The molecule has 1 atom stereocenters. The average molecular weight is 465 g/mol. The summed E-state index contributed by atoms with van der Waals surface area (Å²) in [5, 5.41) is 5.06. The molecule has 0 radical (unpaired) electrons. The number of furan rings is 1. The van der Waals surface area contributed by atoms with Crippen molar-refractivity contribution in [3.05, 3.63) is 75.9 Å². The van der Waals surface area contributed by atoms with Crippen molar-refractivity contribution in [3.8, 4) is 0 Å². The highest BCUT2D eigenvalue weighted by Gasteiger charge is 2.36. The molecule has 4 rings (SSSR count). The summed E-state index contributed by atoms with van der Waals surface area (Å²) in [6.07, 6.45) is 4.21. The predicted molar refractivity (Wildman–Crippen MR) is 129 cm³/mol. The zero-order valence-corrected chi connectivity index (χ0v) is 19.7. The van der Waals surface area contributed by atoms with E-state index in [1.165, 1.54) is 23.2 Å². The SMILES string of the molecule is CC(=O)c1ccc(N(C(=O)Cc2cccs2)C(C(=O)NC2CCCC2)c2ccc(C)o2)cc1. The molecule has 172 valence electrons. The van der Waals surface area contributed by atoms with Crippen LogP contribution in [0.1, 0.15) is 65.4 Å². The largest absolute Gasteiger partial charge is 0.464 e. The first-order chi connectivity index (χ1) is 15.9. The van der Waals surface area contributed by atoms with Crippen LogP contribution in [0.4, 0.5) is 5.69 Å². The van der Waals surface area contributed by atoms with Gasteiger partial charge in [-0.05, 0) is 74.5 Å². The average Bonchev–Trinajstić information content (AvgIpc) is 3.56. The number of carbonyl (C=O) groups excluding carboxylic acids is 3. The Morgan fingerprint density at radius 3 is 2.39 bits per heavy atom. The fourth-order valence-corrected chi connectivity index (χ4v) is 4.96. The fourth-order valence-electron chi connectivity index (χ4n) is 4.27. The molecule has 0 spiro atoms. The molecule has 1 N–H and O–H groups in total. The van der Waals surface area contributed by atoms with Crippen LogP contribution in [-0.4, -0.2) is 23.6 Å². The maximum absolute atomic E-state index is 13.6. The van der Waals surface area contributed by atoms with E-state index in [-0.39, 0.29) is 30.1 Å². The van der Waals surface area contributed by atoms with Gasteiger partial charge >= 0.3 is 0 Å². The quantitative estimate of drug-likeness (QED) is 0.463. The summed E-state index contributed by atoms with van der Waals surface area (Å²) in [7, 11) is 0. The first-order valence-electron chi connectivity index (χ1n) is 11.2. The van der Waals surface area contributed by atoms with Crippen LogP contribution < -0.4 is 10.2 Å². The van der Waals surface area contributed by atoms with E-state index in [4.69, 9.17) is 4.42 Å².